The minimum Gasteiger partial charge on any atom is -0.495 e. The Kier molecular flexibility index (Phi) is 3.74. The van der Waals surface area contributed by atoms with E-state index in [-0.39, 0.29) is 0 Å². The van der Waals surface area contributed by atoms with Crippen molar-refractivity contribution in [2.24, 2.45) is 0 Å². The van der Waals surface area contributed by atoms with Crippen LogP contribution in [0.25, 0.3) is 0 Å². The number of anilines is 1. The van der Waals surface area contributed by atoms with Gasteiger partial charge in [0, 0.05) is 17.1 Å². The first-order valence-electron chi connectivity index (χ1n) is 4.63. The van der Waals surface area contributed by atoms with Gasteiger partial charge >= 0.3 is 0 Å². The molecular weight excluding hydrogens is 290 g/mol. The minimum absolute atomic E-state index is 0.668. The van der Waals surface area contributed by atoms with Crippen LogP contribution in [0.3, 0.4) is 0 Å². The quantitative estimate of drug-likeness (QED) is 0.943. The normalized spacial score (nSPS) is 10.1. The van der Waals surface area contributed by atoms with Crippen molar-refractivity contribution >= 4 is 33.1 Å². The highest BCUT2D eigenvalue weighted by atomic mass is 79.9. The zero-order valence-electron chi connectivity index (χ0n) is 8.61. The van der Waals surface area contributed by atoms with Crippen molar-refractivity contribution in [1.82, 2.24) is 9.59 Å². The molecule has 0 aliphatic carbocycles. The fraction of sp³-hybridized carbons (Fsp3) is 0.200. The second-order valence-electron chi connectivity index (χ2n) is 3.10. The second-order valence-corrected chi connectivity index (χ2v) is 4.56. The van der Waals surface area contributed by atoms with E-state index in [0.717, 1.165) is 21.6 Å². The molecule has 1 aromatic carbocycles. The van der Waals surface area contributed by atoms with Gasteiger partial charge in [0.2, 0.25) is 0 Å². The van der Waals surface area contributed by atoms with Crippen LogP contribution in [0.2, 0.25) is 0 Å². The number of methoxy groups -OCH3 is 1. The molecule has 2 aromatic rings. The van der Waals surface area contributed by atoms with Gasteiger partial charge in [-0.25, -0.2) is 0 Å². The summed E-state index contributed by atoms with van der Waals surface area (Å²) < 4.78 is 9.95. The standard InChI is InChI=1S/C10H10BrN3OS/c1-15-10-4-7(2-3-9(10)11)12-5-8-6-16-14-13-8/h2-4,6,12H,5H2,1H3. The number of rotatable bonds is 4. The van der Waals surface area contributed by atoms with Gasteiger partial charge in [0.25, 0.3) is 0 Å². The summed E-state index contributed by atoms with van der Waals surface area (Å²) in [7, 11) is 1.65. The summed E-state index contributed by atoms with van der Waals surface area (Å²) >= 11 is 4.76. The van der Waals surface area contributed by atoms with Crippen LogP contribution in [0, 0.1) is 0 Å². The maximum atomic E-state index is 5.21. The molecule has 1 aromatic heterocycles. The number of nitrogens with zero attached hydrogens (tertiary/aromatic N) is 2. The summed E-state index contributed by atoms with van der Waals surface area (Å²) in [6.45, 7) is 0.668. The van der Waals surface area contributed by atoms with Crippen LogP contribution in [0.1, 0.15) is 5.69 Å². The van der Waals surface area contributed by atoms with E-state index < -0.39 is 0 Å². The Labute approximate surface area is 106 Å². The highest BCUT2D eigenvalue weighted by Gasteiger charge is 2.02. The number of nitrogens with one attached hydrogen (secondary N) is 1. The Balaban J connectivity index is 2.04. The first-order valence-corrected chi connectivity index (χ1v) is 6.26. The monoisotopic (exact) mass is 299 g/mol. The number of hydrogen-bond acceptors (Lipinski definition) is 5. The van der Waals surface area contributed by atoms with Crippen molar-refractivity contribution in [2.45, 2.75) is 6.54 Å². The van der Waals surface area contributed by atoms with Gasteiger partial charge in [0.15, 0.2) is 0 Å². The van der Waals surface area contributed by atoms with Crippen molar-refractivity contribution in [1.29, 1.82) is 0 Å². The van der Waals surface area contributed by atoms with Crippen molar-refractivity contribution < 1.29 is 4.74 Å². The van der Waals surface area contributed by atoms with E-state index in [2.05, 4.69) is 30.8 Å². The number of aromatic nitrogens is 2. The first-order chi connectivity index (χ1) is 7.79. The Morgan fingerprint density at radius 2 is 2.38 bits per heavy atom. The van der Waals surface area contributed by atoms with Gasteiger partial charge in [0.05, 0.1) is 23.8 Å². The third-order valence-corrected chi connectivity index (χ3v) is 3.24. The summed E-state index contributed by atoms with van der Waals surface area (Å²) in [6, 6.07) is 5.86. The molecule has 0 unspecified atom stereocenters. The lowest BCUT2D eigenvalue weighted by molar-refractivity contribution is 0.412. The Bertz CT molecular complexity index is 461. The number of benzene rings is 1. The molecule has 0 aliphatic rings. The third-order valence-electron chi connectivity index (χ3n) is 2.03. The SMILES string of the molecule is COc1cc(NCc2csnn2)ccc1Br. The van der Waals surface area contributed by atoms with Gasteiger partial charge in [-0.15, -0.1) is 5.10 Å². The van der Waals surface area contributed by atoms with Crippen LogP contribution in [0.15, 0.2) is 28.1 Å². The lowest BCUT2D eigenvalue weighted by atomic mass is 10.3. The molecule has 0 bridgehead atoms. The van der Waals surface area contributed by atoms with Crippen LogP contribution in [-0.2, 0) is 6.54 Å². The fourth-order valence-corrected chi connectivity index (χ4v) is 2.08. The van der Waals surface area contributed by atoms with Crippen molar-refractivity contribution in [3.63, 3.8) is 0 Å². The van der Waals surface area contributed by atoms with E-state index in [9.17, 15) is 0 Å². The molecule has 16 heavy (non-hydrogen) atoms. The molecule has 0 saturated heterocycles. The predicted molar refractivity (Wildman–Crippen MR) is 67.9 cm³/mol. The minimum atomic E-state index is 0.668. The molecule has 1 heterocycles. The van der Waals surface area contributed by atoms with Gasteiger partial charge in [0.1, 0.15) is 5.75 Å². The second kappa shape index (κ2) is 5.27. The largest absolute Gasteiger partial charge is 0.495 e. The smallest absolute Gasteiger partial charge is 0.135 e. The lowest BCUT2D eigenvalue weighted by Crippen LogP contribution is -2.00. The topological polar surface area (TPSA) is 47.0 Å². The number of hydrogen-bond donors (Lipinski definition) is 1. The van der Waals surface area contributed by atoms with Gasteiger partial charge in [-0.2, -0.15) is 0 Å². The molecule has 0 aliphatic heterocycles. The molecule has 0 fully saturated rings. The van der Waals surface area contributed by atoms with Gasteiger partial charge in [-0.05, 0) is 39.6 Å². The molecular formula is C10H10BrN3OS. The lowest BCUT2D eigenvalue weighted by Gasteiger charge is -2.08. The number of halogens is 1. The summed E-state index contributed by atoms with van der Waals surface area (Å²) in [6.07, 6.45) is 0. The van der Waals surface area contributed by atoms with Crippen molar-refractivity contribution in [3.05, 3.63) is 33.7 Å². The molecule has 0 saturated carbocycles. The first kappa shape index (κ1) is 11.3. The van der Waals surface area contributed by atoms with Crippen LogP contribution in [0.5, 0.6) is 5.75 Å². The molecule has 6 heteroatoms. The Morgan fingerprint density at radius 3 is 3.06 bits per heavy atom. The molecule has 0 atom stereocenters. The van der Waals surface area contributed by atoms with E-state index in [4.69, 9.17) is 4.74 Å². The zero-order chi connectivity index (χ0) is 11.4. The zero-order valence-corrected chi connectivity index (χ0v) is 11.0. The summed E-state index contributed by atoms with van der Waals surface area (Å²) in [5.74, 6) is 0.807. The molecule has 0 amide bonds. The van der Waals surface area contributed by atoms with E-state index in [0.29, 0.717) is 6.54 Å². The molecule has 0 radical (unpaired) electrons. The van der Waals surface area contributed by atoms with Gasteiger partial charge < -0.3 is 10.1 Å². The van der Waals surface area contributed by atoms with E-state index >= 15 is 0 Å². The maximum Gasteiger partial charge on any atom is 0.135 e. The van der Waals surface area contributed by atoms with E-state index in [1.54, 1.807) is 7.11 Å². The van der Waals surface area contributed by atoms with Crippen LogP contribution in [-0.4, -0.2) is 16.7 Å². The van der Waals surface area contributed by atoms with E-state index in [1.807, 2.05) is 23.6 Å². The van der Waals surface area contributed by atoms with E-state index in [1.165, 1.54) is 11.5 Å². The highest BCUT2D eigenvalue weighted by molar-refractivity contribution is 9.10. The maximum absolute atomic E-state index is 5.21. The summed E-state index contributed by atoms with van der Waals surface area (Å²) in [5.41, 5.74) is 1.93. The Morgan fingerprint density at radius 1 is 1.50 bits per heavy atom. The molecule has 1 N–H and O–H groups in total. The molecule has 0 spiro atoms. The Hall–Kier alpha value is -1.14. The van der Waals surface area contributed by atoms with Crippen LogP contribution < -0.4 is 10.1 Å². The average Bonchev–Trinajstić information content (AvgIpc) is 2.81. The van der Waals surface area contributed by atoms with Crippen molar-refractivity contribution in [3.8, 4) is 5.75 Å². The van der Waals surface area contributed by atoms with Crippen LogP contribution >= 0.6 is 27.5 Å². The molecule has 84 valence electrons. The van der Waals surface area contributed by atoms with Crippen molar-refractivity contribution in [2.75, 3.05) is 12.4 Å². The summed E-state index contributed by atoms with van der Waals surface area (Å²) in [5, 5.41) is 9.13. The highest BCUT2D eigenvalue weighted by Crippen LogP contribution is 2.27. The van der Waals surface area contributed by atoms with Gasteiger partial charge in [-0.3, -0.25) is 0 Å². The fourth-order valence-electron chi connectivity index (χ4n) is 1.22. The molecule has 4 nitrogen and oxygen atoms in total. The average molecular weight is 300 g/mol. The molecule has 2 rings (SSSR count). The van der Waals surface area contributed by atoms with Gasteiger partial charge in [-0.1, -0.05) is 4.49 Å². The summed E-state index contributed by atoms with van der Waals surface area (Å²) in [4.78, 5) is 0. The number of ether oxygens (including phenoxy) is 1. The van der Waals surface area contributed by atoms with Crippen LogP contribution in [0.4, 0.5) is 5.69 Å². The predicted octanol–water partition coefficient (Wildman–Crippen LogP) is 2.92. The third kappa shape index (κ3) is 2.70.